The van der Waals surface area contributed by atoms with Gasteiger partial charge in [-0.2, -0.15) is 4.31 Å². The van der Waals surface area contributed by atoms with Crippen LogP contribution in [0.5, 0.6) is 0 Å². The Morgan fingerprint density at radius 3 is 2.39 bits per heavy atom. The van der Waals surface area contributed by atoms with E-state index in [0.717, 1.165) is 31.9 Å². The monoisotopic (exact) mass is 422 g/mol. The number of rotatable bonds is 4. The smallest absolute Gasteiger partial charge is 0.246 e. The van der Waals surface area contributed by atoms with Crippen molar-refractivity contribution in [1.82, 2.24) is 9.29 Å². The molecule has 150 valence electrons. The maximum atomic E-state index is 13.2. The molecule has 28 heavy (non-hydrogen) atoms. The summed E-state index contributed by atoms with van der Waals surface area (Å²) in [5.41, 5.74) is 1.80. The summed E-state index contributed by atoms with van der Waals surface area (Å²) in [5, 5.41) is 0.716. The van der Waals surface area contributed by atoms with Crippen molar-refractivity contribution < 1.29 is 13.2 Å². The van der Waals surface area contributed by atoms with Crippen molar-refractivity contribution in [2.45, 2.75) is 4.90 Å². The van der Waals surface area contributed by atoms with E-state index in [4.69, 9.17) is 16.3 Å². The predicted octanol–water partition coefficient (Wildman–Crippen LogP) is 2.08. The van der Waals surface area contributed by atoms with Crippen molar-refractivity contribution in [1.29, 1.82) is 0 Å². The SMILES string of the molecule is O=S(=O)(c1cnccc1N1CCN(c2cccc(Cl)c2)CC1)N1CCOCC1. The first-order chi connectivity index (χ1) is 13.6. The number of hydrogen-bond donors (Lipinski definition) is 0. The van der Waals surface area contributed by atoms with Gasteiger partial charge in [0, 0.05) is 62.4 Å². The van der Waals surface area contributed by atoms with Crippen LogP contribution in [0.1, 0.15) is 0 Å². The van der Waals surface area contributed by atoms with Crippen LogP contribution in [0.4, 0.5) is 11.4 Å². The second-order valence-electron chi connectivity index (χ2n) is 6.81. The fourth-order valence-electron chi connectivity index (χ4n) is 3.64. The highest BCUT2D eigenvalue weighted by molar-refractivity contribution is 7.89. The standard InChI is InChI=1S/C19H23ClN4O3S/c20-16-2-1-3-17(14-16)22-6-8-23(9-7-22)18-4-5-21-15-19(18)28(25,26)24-10-12-27-13-11-24/h1-5,14-15H,6-13H2. The van der Waals surface area contributed by atoms with Crippen molar-refractivity contribution >= 4 is 33.0 Å². The Morgan fingerprint density at radius 1 is 0.964 bits per heavy atom. The van der Waals surface area contributed by atoms with Crippen LogP contribution < -0.4 is 9.80 Å². The summed E-state index contributed by atoms with van der Waals surface area (Å²) in [6, 6.07) is 9.60. The topological polar surface area (TPSA) is 66.0 Å². The summed E-state index contributed by atoms with van der Waals surface area (Å²) in [4.78, 5) is 8.74. The molecule has 4 rings (SSSR count). The molecule has 0 aliphatic carbocycles. The lowest BCUT2D eigenvalue weighted by Crippen LogP contribution is -2.47. The molecule has 9 heteroatoms. The maximum Gasteiger partial charge on any atom is 0.246 e. The van der Waals surface area contributed by atoms with Crippen LogP contribution in [0.3, 0.4) is 0 Å². The third-order valence-electron chi connectivity index (χ3n) is 5.14. The number of halogens is 1. The Balaban J connectivity index is 1.53. The minimum atomic E-state index is -3.60. The lowest BCUT2D eigenvalue weighted by atomic mass is 10.2. The zero-order chi connectivity index (χ0) is 19.6. The number of pyridine rings is 1. The molecule has 2 aliphatic heterocycles. The molecule has 7 nitrogen and oxygen atoms in total. The molecular weight excluding hydrogens is 400 g/mol. The number of piperazine rings is 1. The number of morpholine rings is 1. The molecule has 3 heterocycles. The molecule has 0 saturated carbocycles. The first-order valence-electron chi connectivity index (χ1n) is 9.33. The van der Waals surface area contributed by atoms with Gasteiger partial charge in [-0.25, -0.2) is 8.42 Å². The molecule has 0 N–H and O–H groups in total. The lowest BCUT2D eigenvalue weighted by Gasteiger charge is -2.38. The third kappa shape index (κ3) is 3.96. The summed E-state index contributed by atoms with van der Waals surface area (Å²) in [5.74, 6) is 0. The Morgan fingerprint density at radius 2 is 1.68 bits per heavy atom. The number of hydrogen-bond acceptors (Lipinski definition) is 6. The predicted molar refractivity (Wildman–Crippen MR) is 110 cm³/mol. The normalized spacial score (nSPS) is 19.0. The fourth-order valence-corrected chi connectivity index (χ4v) is 5.39. The van der Waals surface area contributed by atoms with Crippen LogP contribution in [0, 0.1) is 0 Å². The van der Waals surface area contributed by atoms with Gasteiger partial charge < -0.3 is 14.5 Å². The van der Waals surface area contributed by atoms with E-state index >= 15 is 0 Å². The number of benzene rings is 1. The molecule has 2 saturated heterocycles. The molecule has 1 aromatic carbocycles. The van der Waals surface area contributed by atoms with E-state index in [-0.39, 0.29) is 4.90 Å². The van der Waals surface area contributed by atoms with E-state index < -0.39 is 10.0 Å². The Labute approximate surface area is 170 Å². The first-order valence-corrected chi connectivity index (χ1v) is 11.1. The maximum absolute atomic E-state index is 13.2. The van der Waals surface area contributed by atoms with Gasteiger partial charge in [-0.1, -0.05) is 17.7 Å². The van der Waals surface area contributed by atoms with Gasteiger partial charge >= 0.3 is 0 Å². The first kappa shape index (κ1) is 19.4. The van der Waals surface area contributed by atoms with E-state index in [1.54, 1.807) is 12.3 Å². The van der Waals surface area contributed by atoms with Crippen LogP contribution in [-0.4, -0.2) is 70.2 Å². The fraction of sp³-hybridized carbons (Fsp3) is 0.421. The number of ether oxygens (including phenoxy) is 1. The molecular formula is C19H23ClN4O3S. The van der Waals surface area contributed by atoms with Crippen molar-refractivity contribution in [3.8, 4) is 0 Å². The number of nitrogens with zero attached hydrogens (tertiary/aromatic N) is 4. The molecule has 0 amide bonds. The van der Waals surface area contributed by atoms with Crippen molar-refractivity contribution in [3.05, 3.63) is 47.7 Å². The molecule has 2 fully saturated rings. The minimum Gasteiger partial charge on any atom is -0.379 e. The van der Waals surface area contributed by atoms with Crippen molar-refractivity contribution in [2.75, 3.05) is 62.3 Å². The molecule has 0 spiro atoms. The molecule has 0 atom stereocenters. The van der Waals surface area contributed by atoms with Gasteiger partial charge in [0.05, 0.1) is 18.9 Å². The van der Waals surface area contributed by atoms with Gasteiger partial charge in [-0.05, 0) is 24.3 Å². The molecule has 2 aromatic rings. The lowest BCUT2D eigenvalue weighted by molar-refractivity contribution is 0.0730. The van der Waals surface area contributed by atoms with Gasteiger partial charge in [0.15, 0.2) is 0 Å². The minimum absolute atomic E-state index is 0.271. The highest BCUT2D eigenvalue weighted by atomic mass is 35.5. The zero-order valence-corrected chi connectivity index (χ0v) is 17.1. The Hall–Kier alpha value is -1.87. The van der Waals surface area contributed by atoms with E-state index in [0.29, 0.717) is 37.0 Å². The average Bonchev–Trinajstić information content (AvgIpc) is 2.74. The molecule has 0 unspecified atom stereocenters. The summed E-state index contributed by atoms with van der Waals surface area (Å²) in [6.07, 6.45) is 3.11. The highest BCUT2D eigenvalue weighted by Crippen LogP contribution is 2.29. The summed E-state index contributed by atoms with van der Waals surface area (Å²) in [7, 11) is -3.60. The summed E-state index contributed by atoms with van der Waals surface area (Å²) >= 11 is 6.11. The molecule has 2 aliphatic rings. The van der Waals surface area contributed by atoms with Crippen LogP contribution in [-0.2, 0) is 14.8 Å². The second kappa shape index (κ2) is 8.24. The van der Waals surface area contributed by atoms with Crippen LogP contribution in [0.25, 0.3) is 0 Å². The van der Waals surface area contributed by atoms with Gasteiger partial charge in [0.2, 0.25) is 10.0 Å². The van der Waals surface area contributed by atoms with Gasteiger partial charge in [0.25, 0.3) is 0 Å². The molecule has 0 radical (unpaired) electrons. The largest absolute Gasteiger partial charge is 0.379 e. The molecule has 1 aromatic heterocycles. The third-order valence-corrected chi connectivity index (χ3v) is 7.29. The Kier molecular flexibility index (Phi) is 5.73. The quantitative estimate of drug-likeness (QED) is 0.751. The van der Waals surface area contributed by atoms with Crippen molar-refractivity contribution in [3.63, 3.8) is 0 Å². The van der Waals surface area contributed by atoms with Gasteiger partial charge in [-0.15, -0.1) is 0 Å². The van der Waals surface area contributed by atoms with Crippen molar-refractivity contribution in [2.24, 2.45) is 0 Å². The number of anilines is 2. The second-order valence-corrected chi connectivity index (χ2v) is 9.16. The van der Waals surface area contributed by atoms with Crippen LogP contribution in [0.15, 0.2) is 47.6 Å². The summed E-state index contributed by atoms with van der Waals surface area (Å²) in [6.45, 7) is 4.63. The Bertz CT molecular complexity index is 926. The average molecular weight is 423 g/mol. The number of sulfonamides is 1. The van der Waals surface area contributed by atoms with E-state index in [1.165, 1.54) is 10.5 Å². The highest BCUT2D eigenvalue weighted by Gasteiger charge is 2.31. The van der Waals surface area contributed by atoms with E-state index in [9.17, 15) is 8.42 Å². The van der Waals surface area contributed by atoms with E-state index in [2.05, 4.69) is 14.8 Å². The summed E-state index contributed by atoms with van der Waals surface area (Å²) < 4.78 is 33.1. The zero-order valence-electron chi connectivity index (χ0n) is 15.5. The van der Waals surface area contributed by atoms with Gasteiger partial charge in [0.1, 0.15) is 4.90 Å². The van der Waals surface area contributed by atoms with Crippen LogP contribution in [0.2, 0.25) is 5.02 Å². The van der Waals surface area contributed by atoms with Crippen LogP contribution >= 0.6 is 11.6 Å². The van der Waals surface area contributed by atoms with E-state index in [1.807, 2.05) is 24.3 Å². The number of aromatic nitrogens is 1. The molecule has 0 bridgehead atoms. The van der Waals surface area contributed by atoms with Gasteiger partial charge in [-0.3, -0.25) is 4.98 Å².